The first kappa shape index (κ1) is 20.5. The largest absolute Gasteiger partial charge is 0.495 e. The lowest BCUT2D eigenvalue weighted by Crippen LogP contribution is -2.23. The van der Waals surface area contributed by atoms with E-state index in [9.17, 15) is 13.2 Å². The Labute approximate surface area is 162 Å². The third kappa shape index (κ3) is 4.12. The molecule has 0 fully saturated rings. The first-order valence-electron chi connectivity index (χ1n) is 7.45. The Morgan fingerprint density at radius 3 is 2.35 bits per heavy atom. The van der Waals surface area contributed by atoms with Gasteiger partial charge in [0, 0.05) is 30.7 Å². The van der Waals surface area contributed by atoms with E-state index in [-0.39, 0.29) is 15.5 Å². The lowest BCUT2D eigenvalue weighted by atomic mass is 10.1. The molecule has 0 saturated heterocycles. The predicted molar refractivity (Wildman–Crippen MR) is 103 cm³/mol. The fraction of sp³-hybridized carbons (Fsp3) is 0.235. The average molecular weight is 417 g/mol. The van der Waals surface area contributed by atoms with Gasteiger partial charge in [-0.05, 0) is 36.8 Å². The van der Waals surface area contributed by atoms with E-state index in [1.807, 2.05) is 0 Å². The normalized spacial score (nSPS) is 11.5. The fourth-order valence-corrected chi connectivity index (χ4v) is 3.71. The summed E-state index contributed by atoms with van der Waals surface area (Å²) in [7, 11) is 0.454. The monoisotopic (exact) mass is 416 g/mol. The second-order valence-electron chi connectivity index (χ2n) is 5.69. The van der Waals surface area contributed by atoms with Crippen LogP contribution >= 0.6 is 23.2 Å². The second kappa shape index (κ2) is 7.84. The molecule has 2 rings (SSSR count). The van der Waals surface area contributed by atoms with Gasteiger partial charge in [0.2, 0.25) is 10.0 Å². The highest BCUT2D eigenvalue weighted by atomic mass is 35.5. The molecule has 0 bridgehead atoms. The molecule has 1 amide bonds. The summed E-state index contributed by atoms with van der Waals surface area (Å²) < 4.78 is 30.9. The topological polar surface area (TPSA) is 75.7 Å². The summed E-state index contributed by atoms with van der Waals surface area (Å²) in [6.07, 6.45) is 0. The van der Waals surface area contributed by atoms with E-state index >= 15 is 0 Å². The van der Waals surface area contributed by atoms with Crippen LogP contribution in [0.15, 0.2) is 35.2 Å². The molecule has 0 atom stereocenters. The minimum atomic E-state index is -3.78. The standard InChI is InChI=1S/C17H18Cl2N2O4S/c1-10-7-14(15(25-4)9-13(10)19)20-17(22)11-5-6-12(18)16(8-11)26(23,24)21(2)3/h5-9H,1-4H3,(H,20,22). The predicted octanol–water partition coefficient (Wildman–Crippen LogP) is 3.81. The van der Waals surface area contributed by atoms with E-state index in [2.05, 4.69) is 5.32 Å². The van der Waals surface area contributed by atoms with Crippen molar-refractivity contribution in [2.24, 2.45) is 0 Å². The van der Waals surface area contributed by atoms with E-state index in [0.717, 1.165) is 9.87 Å². The molecule has 0 aliphatic carbocycles. The SMILES string of the molecule is COc1cc(Cl)c(C)cc1NC(=O)c1ccc(Cl)c(S(=O)(=O)N(C)C)c1. The number of hydrogen-bond donors (Lipinski definition) is 1. The van der Waals surface area contributed by atoms with Crippen molar-refractivity contribution in [3.05, 3.63) is 51.5 Å². The van der Waals surface area contributed by atoms with Gasteiger partial charge >= 0.3 is 0 Å². The molecule has 0 heterocycles. The molecule has 0 unspecified atom stereocenters. The van der Waals surface area contributed by atoms with Crippen molar-refractivity contribution in [2.75, 3.05) is 26.5 Å². The van der Waals surface area contributed by atoms with Crippen LogP contribution < -0.4 is 10.1 Å². The summed E-state index contributed by atoms with van der Waals surface area (Å²) in [6, 6.07) is 7.32. The third-order valence-corrected chi connectivity index (χ3v) is 6.38. The lowest BCUT2D eigenvalue weighted by Gasteiger charge is -2.15. The van der Waals surface area contributed by atoms with Crippen LogP contribution in [0.4, 0.5) is 5.69 Å². The van der Waals surface area contributed by atoms with Gasteiger partial charge in [0.05, 0.1) is 17.8 Å². The van der Waals surface area contributed by atoms with Gasteiger partial charge in [-0.1, -0.05) is 23.2 Å². The van der Waals surface area contributed by atoms with Gasteiger partial charge in [-0.15, -0.1) is 0 Å². The maximum absolute atomic E-state index is 12.6. The van der Waals surface area contributed by atoms with E-state index < -0.39 is 15.9 Å². The first-order valence-corrected chi connectivity index (χ1v) is 9.65. The maximum Gasteiger partial charge on any atom is 0.255 e. The second-order valence-corrected chi connectivity index (χ2v) is 8.62. The third-order valence-electron chi connectivity index (χ3n) is 3.68. The molecular weight excluding hydrogens is 399 g/mol. The molecule has 2 aromatic carbocycles. The molecule has 0 aromatic heterocycles. The summed E-state index contributed by atoms with van der Waals surface area (Å²) >= 11 is 12.1. The van der Waals surface area contributed by atoms with Gasteiger partial charge < -0.3 is 10.1 Å². The number of benzene rings is 2. The number of sulfonamides is 1. The quantitative estimate of drug-likeness (QED) is 0.803. The summed E-state index contributed by atoms with van der Waals surface area (Å²) in [5, 5.41) is 3.24. The molecule has 0 radical (unpaired) electrons. The average Bonchev–Trinajstić information content (AvgIpc) is 2.57. The number of nitrogens with one attached hydrogen (secondary N) is 1. The van der Waals surface area contributed by atoms with Crippen LogP contribution in [0.1, 0.15) is 15.9 Å². The Balaban J connectivity index is 2.42. The zero-order chi connectivity index (χ0) is 19.6. The molecule has 0 saturated carbocycles. The molecular formula is C17H18Cl2N2O4S. The molecule has 140 valence electrons. The van der Waals surface area contributed by atoms with Gasteiger partial charge in [0.25, 0.3) is 5.91 Å². The van der Waals surface area contributed by atoms with Crippen molar-refractivity contribution in [3.63, 3.8) is 0 Å². The van der Waals surface area contributed by atoms with Gasteiger partial charge in [-0.25, -0.2) is 12.7 Å². The van der Waals surface area contributed by atoms with E-state index in [4.69, 9.17) is 27.9 Å². The van der Waals surface area contributed by atoms with Crippen LogP contribution in [0, 0.1) is 6.92 Å². The first-order chi connectivity index (χ1) is 12.1. The number of nitrogens with zero attached hydrogens (tertiary/aromatic N) is 1. The summed E-state index contributed by atoms with van der Waals surface area (Å²) in [5.41, 5.74) is 1.32. The van der Waals surface area contributed by atoms with Crippen molar-refractivity contribution >= 4 is 44.8 Å². The fourth-order valence-electron chi connectivity index (χ4n) is 2.16. The van der Waals surface area contributed by atoms with Crippen LogP contribution in [0.25, 0.3) is 0 Å². The summed E-state index contributed by atoms with van der Waals surface area (Å²) in [4.78, 5) is 12.4. The Morgan fingerprint density at radius 2 is 1.77 bits per heavy atom. The summed E-state index contributed by atoms with van der Waals surface area (Å²) in [6.45, 7) is 1.79. The van der Waals surface area contributed by atoms with Crippen LogP contribution in [0.5, 0.6) is 5.75 Å². The molecule has 26 heavy (non-hydrogen) atoms. The van der Waals surface area contributed by atoms with Gasteiger partial charge in [0.1, 0.15) is 10.6 Å². The Kier molecular flexibility index (Phi) is 6.18. The number of hydrogen-bond acceptors (Lipinski definition) is 4. The number of aryl methyl sites for hydroxylation is 1. The van der Waals surface area contributed by atoms with E-state index in [1.54, 1.807) is 19.1 Å². The maximum atomic E-state index is 12.6. The van der Waals surface area contributed by atoms with E-state index in [0.29, 0.717) is 16.5 Å². The molecule has 2 aromatic rings. The number of amides is 1. The van der Waals surface area contributed by atoms with Gasteiger partial charge in [0.15, 0.2) is 0 Å². The van der Waals surface area contributed by atoms with Crippen molar-refractivity contribution in [3.8, 4) is 5.75 Å². The number of halogens is 2. The molecule has 0 aliphatic heterocycles. The Hall–Kier alpha value is -1.80. The number of methoxy groups -OCH3 is 1. The number of rotatable bonds is 5. The van der Waals surface area contributed by atoms with Gasteiger partial charge in [-0.2, -0.15) is 0 Å². The van der Waals surface area contributed by atoms with E-state index in [1.165, 1.54) is 39.4 Å². The molecule has 9 heteroatoms. The Bertz CT molecular complexity index is 959. The molecule has 6 nitrogen and oxygen atoms in total. The summed E-state index contributed by atoms with van der Waals surface area (Å²) in [5.74, 6) is -0.110. The highest BCUT2D eigenvalue weighted by Gasteiger charge is 2.23. The van der Waals surface area contributed by atoms with Crippen LogP contribution in [0.2, 0.25) is 10.0 Å². The van der Waals surface area contributed by atoms with Gasteiger partial charge in [-0.3, -0.25) is 4.79 Å². The number of carbonyl (C=O) groups excluding carboxylic acids is 1. The Morgan fingerprint density at radius 1 is 1.12 bits per heavy atom. The minimum absolute atomic E-state index is 0.0372. The molecule has 1 N–H and O–H groups in total. The molecule has 0 spiro atoms. The van der Waals surface area contributed by atoms with Crippen molar-refractivity contribution in [1.82, 2.24) is 4.31 Å². The number of carbonyl (C=O) groups is 1. The van der Waals surface area contributed by atoms with Crippen LogP contribution in [0.3, 0.4) is 0 Å². The van der Waals surface area contributed by atoms with Crippen molar-refractivity contribution in [2.45, 2.75) is 11.8 Å². The van der Waals surface area contributed by atoms with Crippen molar-refractivity contribution in [1.29, 1.82) is 0 Å². The zero-order valence-electron chi connectivity index (χ0n) is 14.6. The number of anilines is 1. The highest BCUT2D eigenvalue weighted by Crippen LogP contribution is 2.32. The molecule has 0 aliphatic rings. The highest BCUT2D eigenvalue weighted by molar-refractivity contribution is 7.89. The van der Waals surface area contributed by atoms with Crippen LogP contribution in [-0.2, 0) is 10.0 Å². The lowest BCUT2D eigenvalue weighted by molar-refractivity contribution is 0.102. The van der Waals surface area contributed by atoms with Crippen molar-refractivity contribution < 1.29 is 17.9 Å². The zero-order valence-corrected chi connectivity index (χ0v) is 17.0. The minimum Gasteiger partial charge on any atom is -0.495 e. The van der Waals surface area contributed by atoms with Crippen LogP contribution in [-0.4, -0.2) is 39.8 Å². The smallest absolute Gasteiger partial charge is 0.255 e. The number of ether oxygens (including phenoxy) is 1.